The van der Waals surface area contributed by atoms with Gasteiger partial charge in [-0.2, -0.15) is 5.10 Å². The second kappa shape index (κ2) is 9.07. The minimum atomic E-state index is -2.52. The summed E-state index contributed by atoms with van der Waals surface area (Å²) >= 11 is 0. The van der Waals surface area contributed by atoms with Crippen LogP contribution in [0.25, 0.3) is 22.8 Å². The second-order valence-corrected chi connectivity index (χ2v) is 8.43. The molecule has 1 saturated heterocycles. The Morgan fingerprint density at radius 2 is 1.94 bits per heavy atom. The molecule has 1 aliphatic rings. The third-order valence-electron chi connectivity index (χ3n) is 6.02. The first-order valence-corrected chi connectivity index (χ1v) is 11.1. The molecule has 13 heteroatoms. The van der Waals surface area contributed by atoms with Gasteiger partial charge in [-0.15, -0.1) is 0 Å². The van der Waals surface area contributed by atoms with E-state index in [2.05, 4.69) is 30.5 Å². The van der Waals surface area contributed by atoms with Crippen LogP contribution in [0.1, 0.15) is 17.9 Å². The fourth-order valence-corrected chi connectivity index (χ4v) is 3.96. The zero-order valence-electron chi connectivity index (χ0n) is 19.4. The van der Waals surface area contributed by atoms with Crippen LogP contribution in [0.4, 0.5) is 20.4 Å². The zero-order chi connectivity index (χ0) is 25.4. The number of carbonyl (C=O) groups is 1. The first-order chi connectivity index (χ1) is 17.2. The van der Waals surface area contributed by atoms with Gasteiger partial charge in [0.05, 0.1) is 34.7 Å². The van der Waals surface area contributed by atoms with E-state index in [4.69, 9.17) is 4.52 Å². The van der Waals surface area contributed by atoms with Crippen molar-refractivity contribution in [3.63, 3.8) is 0 Å². The molecule has 5 rings (SSSR count). The van der Waals surface area contributed by atoms with Crippen LogP contribution in [0.3, 0.4) is 0 Å². The van der Waals surface area contributed by atoms with Gasteiger partial charge >= 0.3 is 0 Å². The maximum atomic E-state index is 12.7. The summed E-state index contributed by atoms with van der Waals surface area (Å²) in [5.41, 5.74) is 1.13. The van der Waals surface area contributed by atoms with Crippen molar-refractivity contribution in [2.75, 3.05) is 18.9 Å². The predicted molar refractivity (Wildman–Crippen MR) is 123 cm³/mol. The number of nitrogens with one attached hydrogen (secondary N) is 1. The number of rotatable bonds is 7. The van der Waals surface area contributed by atoms with Gasteiger partial charge in [0.25, 0.3) is 12.3 Å². The molecule has 1 unspecified atom stereocenters. The molecule has 2 N–H and O–H groups in total. The number of aliphatic hydroxyl groups is 1. The van der Waals surface area contributed by atoms with E-state index < -0.39 is 24.5 Å². The Balaban J connectivity index is 1.38. The van der Waals surface area contributed by atoms with Crippen molar-refractivity contribution in [1.29, 1.82) is 0 Å². The standard InChI is InChI=1S/C23H22F2N8O3/c1-13-18(11-27-33(13)12-20(24)25)30-22-26-8-6-16(29-22)14-4-3-5-15(28-14)17-10-19(36-31-17)23(35)7-9-32(2)21(23)34/h3-6,8,10-11,20,35H,7,9,12H2,1-2H3,(H,26,29,30). The number of carbonyl (C=O) groups excluding carboxylic acids is 1. The van der Waals surface area contributed by atoms with Crippen LogP contribution in [-0.4, -0.2) is 65.8 Å². The van der Waals surface area contributed by atoms with Crippen LogP contribution in [-0.2, 0) is 16.9 Å². The van der Waals surface area contributed by atoms with Gasteiger partial charge in [0.15, 0.2) is 5.76 Å². The number of hydrogen-bond acceptors (Lipinski definition) is 9. The Kier molecular flexibility index (Phi) is 5.92. The molecule has 0 aromatic carbocycles. The molecule has 186 valence electrons. The van der Waals surface area contributed by atoms with Gasteiger partial charge in [-0.3, -0.25) is 9.48 Å². The molecule has 0 aliphatic carbocycles. The molecule has 0 radical (unpaired) electrons. The number of amides is 1. The number of alkyl halides is 2. The van der Waals surface area contributed by atoms with Crippen LogP contribution in [0, 0.1) is 6.92 Å². The van der Waals surface area contributed by atoms with Crippen molar-refractivity contribution in [2.24, 2.45) is 0 Å². The van der Waals surface area contributed by atoms with Crippen LogP contribution in [0.2, 0.25) is 0 Å². The lowest BCUT2D eigenvalue weighted by molar-refractivity contribution is -0.144. The Labute approximate surface area is 203 Å². The highest BCUT2D eigenvalue weighted by molar-refractivity contribution is 5.87. The summed E-state index contributed by atoms with van der Waals surface area (Å²) in [4.78, 5) is 27.1. The number of halogens is 2. The summed E-state index contributed by atoms with van der Waals surface area (Å²) in [6, 6.07) is 8.43. The summed E-state index contributed by atoms with van der Waals surface area (Å²) in [6.07, 6.45) is 0.680. The fourth-order valence-electron chi connectivity index (χ4n) is 3.96. The number of aromatic nitrogens is 6. The average Bonchev–Trinajstić information content (AvgIpc) is 3.57. The highest BCUT2D eigenvalue weighted by Gasteiger charge is 2.48. The normalized spacial score (nSPS) is 17.8. The summed E-state index contributed by atoms with van der Waals surface area (Å²) in [6.45, 7) is 1.58. The quantitative estimate of drug-likeness (QED) is 0.396. The van der Waals surface area contributed by atoms with E-state index in [1.807, 2.05) is 0 Å². The largest absolute Gasteiger partial charge is 0.373 e. The van der Waals surface area contributed by atoms with E-state index in [0.717, 1.165) is 0 Å². The molecule has 0 saturated carbocycles. The van der Waals surface area contributed by atoms with Crippen molar-refractivity contribution >= 4 is 17.5 Å². The summed E-state index contributed by atoms with van der Waals surface area (Å²) < 4.78 is 31.9. The Bertz CT molecular complexity index is 1420. The molecule has 4 aromatic rings. The van der Waals surface area contributed by atoms with Crippen molar-refractivity contribution in [2.45, 2.75) is 31.9 Å². The van der Waals surface area contributed by atoms with Crippen molar-refractivity contribution < 1.29 is 23.2 Å². The van der Waals surface area contributed by atoms with Crippen LogP contribution < -0.4 is 5.32 Å². The number of likely N-dealkylation sites (N-methyl/N-ethyl adjacent to an activating group) is 1. The lowest BCUT2D eigenvalue weighted by Gasteiger charge is -2.16. The highest BCUT2D eigenvalue weighted by Crippen LogP contribution is 2.34. The van der Waals surface area contributed by atoms with Gasteiger partial charge in [-0.1, -0.05) is 11.2 Å². The zero-order valence-corrected chi connectivity index (χ0v) is 19.4. The summed E-state index contributed by atoms with van der Waals surface area (Å²) in [7, 11) is 1.62. The van der Waals surface area contributed by atoms with Crippen molar-refractivity contribution in [1.82, 2.24) is 34.8 Å². The first kappa shape index (κ1) is 23.5. The highest BCUT2D eigenvalue weighted by atomic mass is 19.3. The maximum Gasteiger partial charge on any atom is 0.262 e. The second-order valence-electron chi connectivity index (χ2n) is 8.43. The average molecular weight is 496 g/mol. The molecule has 4 aromatic heterocycles. The van der Waals surface area contributed by atoms with Crippen LogP contribution in [0.15, 0.2) is 47.2 Å². The lowest BCUT2D eigenvalue weighted by atomic mass is 9.98. The summed E-state index contributed by atoms with van der Waals surface area (Å²) in [5, 5.41) is 21.8. The van der Waals surface area contributed by atoms with Gasteiger partial charge in [-0.25, -0.2) is 23.7 Å². The van der Waals surface area contributed by atoms with Gasteiger partial charge in [0.2, 0.25) is 11.5 Å². The smallest absolute Gasteiger partial charge is 0.262 e. The molecular formula is C23H22F2N8O3. The van der Waals surface area contributed by atoms with Gasteiger partial charge < -0.3 is 19.8 Å². The molecule has 0 spiro atoms. The molecule has 11 nitrogen and oxygen atoms in total. The number of likely N-dealkylation sites (tertiary alicyclic amines) is 1. The molecule has 1 amide bonds. The van der Waals surface area contributed by atoms with E-state index in [-0.39, 0.29) is 18.1 Å². The van der Waals surface area contributed by atoms with Crippen molar-refractivity contribution in [3.8, 4) is 22.8 Å². The third-order valence-corrected chi connectivity index (χ3v) is 6.02. The van der Waals surface area contributed by atoms with Crippen LogP contribution >= 0.6 is 0 Å². The molecule has 36 heavy (non-hydrogen) atoms. The lowest BCUT2D eigenvalue weighted by Crippen LogP contribution is -2.35. The van der Waals surface area contributed by atoms with E-state index in [9.17, 15) is 18.7 Å². The minimum Gasteiger partial charge on any atom is -0.373 e. The molecule has 0 bridgehead atoms. The Morgan fingerprint density at radius 3 is 2.67 bits per heavy atom. The van der Waals surface area contributed by atoms with Gasteiger partial charge in [0.1, 0.15) is 12.2 Å². The van der Waals surface area contributed by atoms with E-state index in [0.29, 0.717) is 40.7 Å². The SMILES string of the molecule is Cc1c(Nc2nccc(-c3cccc(-c4cc(C5(O)CCN(C)C5=O)on4)n3)n2)cnn1CC(F)F. The molecule has 1 atom stereocenters. The molecule has 5 heterocycles. The van der Waals surface area contributed by atoms with E-state index in [1.54, 1.807) is 44.4 Å². The van der Waals surface area contributed by atoms with E-state index in [1.165, 1.54) is 21.8 Å². The third kappa shape index (κ3) is 4.28. The monoisotopic (exact) mass is 496 g/mol. The first-order valence-electron chi connectivity index (χ1n) is 11.1. The fraction of sp³-hybridized carbons (Fsp3) is 0.304. The van der Waals surface area contributed by atoms with Gasteiger partial charge in [0, 0.05) is 32.3 Å². The molecular weight excluding hydrogens is 474 g/mol. The van der Waals surface area contributed by atoms with Crippen molar-refractivity contribution in [3.05, 3.63) is 54.2 Å². The summed E-state index contributed by atoms with van der Waals surface area (Å²) in [5.74, 6) is -0.132. The van der Waals surface area contributed by atoms with E-state index >= 15 is 0 Å². The minimum absolute atomic E-state index is 0.0651. The number of anilines is 2. The Morgan fingerprint density at radius 1 is 1.19 bits per heavy atom. The van der Waals surface area contributed by atoms with Gasteiger partial charge in [-0.05, 0) is 25.1 Å². The predicted octanol–water partition coefficient (Wildman–Crippen LogP) is 2.76. The van der Waals surface area contributed by atoms with Crippen LogP contribution in [0.5, 0.6) is 0 Å². The maximum absolute atomic E-state index is 12.7. The topological polar surface area (TPSA) is 135 Å². The molecule has 1 fully saturated rings. The number of pyridine rings is 1. The Hall–Kier alpha value is -4.26. The molecule has 1 aliphatic heterocycles. The number of hydrogen-bond donors (Lipinski definition) is 2. The number of nitrogens with zero attached hydrogens (tertiary/aromatic N) is 7.